The summed E-state index contributed by atoms with van der Waals surface area (Å²) in [5.74, 6) is 0.825. The highest BCUT2D eigenvalue weighted by Gasteiger charge is 2.23. The lowest BCUT2D eigenvalue weighted by atomic mass is 10.2. The van der Waals surface area contributed by atoms with Crippen molar-refractivity contribution in [1.82, 2.24) is 9.55 Å². The van der Waals surface area contributed by atoms with E-state index < -0.39 is 0 Å². The quantitative estimate of drug-likeness (QED) is 0.789. The van der Waals surface area contributed by atoms with Crippen LogP contribution in [-0.4, -0.2) is 20.6 Å². The Kier molecular flexibility index (Phi) is 4.31. The Morgan fingerprint density at radius 1 is 1.50 bits per heavy atom. The van der Waals surface area contributed by atoms with E-state index in [-0.39, 0.29) is 10.1 Å². The number of hydrogen-bond donors (Lipinski definition) is 0. The number of imidazole rings is 1. The minimum absolute atomic E-state index is 0.0802. The van der Waals surface area contributed by atoms with Gasteiger partial charge in [-0.05, 0) is 39.2 Å². The van der Waals surface area contributed by atoms with Crippen LogP contribution in [0.15, 0.2) is 18.2 Å². The van der Waals surface area contributed by atoms with Crippen LogP contribution in [0.2, 0.25) is 0 Å². The third-order valence-electron chi connectivity index (χ3n) is 3.38. The maximum atomic E-state index is 9.22. The summed E-state index contributed by atoms with van der Waals surface area (Å²) in [6.07, 6.45) is 2.10. The van der Waals surface area contributed by atoms with Crippen molar-refractivity contribution in [2.45, 2.75) is 37.4 Å². The zero-order valence-electron chi connectivity index (χ0n) is 12.1. The fourth-order valence-corrected chi connectivity index (χ4v) is 2.60. The fourth-order valence-electron chi connectivity index (χ4n) is 2.17. The molecule has 0 radical (unpaired) electrons. The Morgan fingerprint density at radius 3 is 2.75 bits per heavy atom. The highest BCUT2D eigenvalue weighted by Crippen LogP contribution is 2.31. The first-order valence-electron chi connectivity index (χ1n) is 6.48. The van der Waals surface area contributed by atoms with Crippen molar-refractivity contribution in [2.75, 3.05) is 6.26 Å². The molecule has 5 heteroatoms. The van der Waals surface area contributed by atoms with Gasteiger partial charge in [-0.15, -0.1) is 11.6 Å². The summed E-state index contributed by atoms with van der Waals surface area (Å²) >= 11 is 8.08. The maximum absolute atomic E-state index is 9.22. The third kappa shape index (κ3) is 2.79. The summed E-state index contributed by atoms with van der Waals surface area (Å²) in [5, 5.41) is 9.03. The molecule has 106 valence electrons. The van der Waals surface area contributed by atoms with Crippen LogP contribution >= 0.6 is 23.4 Å². The molecule has 0 N–H and O–H groups in total. The van der Waals surface area contributed by atoms with Crippen LogP contribution in [0.25, 0.3) is 11.0 Å². The van der Waals surface area contributed by atoms with Gasteiger partial charge in [-0.25, -0.2) is 4.98 Å². The normalized spacial score (nSPS) is 13.4. The van der Waals surface area contributed by atoms with E-state index in [2.05, 4.69) is 35.7 Å². The first-order valence-corrected chi connectivity index (χ1v) is 8.14. The summed E-state index contributed by atoms with van der Waals surface area (Å²) in [5.41, 5.74) is 2.32. The van der Waals surface area contributed by atoms with Gasteiger partial charge in [-0.3, -0.25) is 0 Å². The summed E-state index contributed by atoms with van der Waals surface area (Å²) < 4.78 is 2.22. The van der Waals surface area contributed by atoms with Crippen molar-refractivity contribution < 1.29 is 0 Å². The van der Waals surface area contributed by atoms with Gasteiger partial charge in [-0.2, -0.15) is 17.0 Å². The molecule has 0 saturated heterocycles. The Balaban J connectivity index is 2.68. The lowest BCUT2D eigenvalue weighted by Crippen LogP contribution is -2.23. The van der Waals surface area contributed by atoms with Gasteiger partial charge in [0.2, 0.25) is 0 Å². The first-order chi connectivity index (χ1) is 9.39. The topological polar surface area (TPSA) is 41.6 Å². The largest absolute Gasteiger partial charge is 0.325 e. The Labute approximate surface area is 128 Å². The molecule has 20 heavy (non-hydrogen) atoms. The smallest absolute Gasteiger partial charge is 0.127 e. The zero-order valence-corrected chi connectivity index (χ0v) is 13.7. The SMILES string of the molecule is CSC(C)(C)Cn1c(C(C)Cl)nc2c(C#N)cccc21. The molecule has 0 spiro atoms. The lowest BCUT2D eigenvalue weighted by Gasteiger charge is -2.24. The van der Waals surface area contributed by atoms with Crippen LogP contribution in [-0.2, 0) is 6.54 Å². The monoisotopic (exact) mass is 307 g/mol. The molecule has 2 rings (SSSR count). The molecular formula is C15H18ClN3S. The van der Waals surface area contributed by atoms with E-state index in [9.17, 15) is 5.26 Å². The van der Waals surface area contributed by atoms with Crippen LogP contribution in [0.4, 0.5) is 0 Å². The highest BCUT2D eigenvalue weighted by molar-refractivity contribution is 7.99. The Morgan fingerprint density at radius 2 is 2.20 bits per heavy atom. The summed E-state index contributed by atoms with van der Waals surface area (Å²) in [6.45, 7) is 7.12. The lowest BCUT2D eigenvalue weighted by molar-refractivity contribution is 0.559. The molecule has 1 aromatic carbocycles. The molecule has 0 aliphatic heterocycles. The molecule has 0 aliphatic carbocycles. The van der Waals surface area contributed by atoms with E-state index in [1.807, 2.05) is 30.8 Å². The van der Waals surface area contributed by atoms with Crippen molar-refractivity contribution >= 4 is 34.4 Å². The number of benzene rings is 1. The van der Waals surface area contributed by atoms with Gasteiger partial charge in [0, 0.05) is 11.3 Å². The molecular weight excluding hydrogens is 290 g/mol. The third-order valence-corrected chi connectivity index (χ3v) is 4.81. The number of halogens is 1. The number of para-hydroxylation sites is 1. The van der Waals surface area contributed by atoms with E-state index in [1.165, 1.54) is 0 Å². The van der Waals surface area contributed by atoms with Crippen LogP contribution in [0, 0.1) is 11.3 Å². The van der Waals surface area contributed by atoms with E-state index in [1.54, 1.807) is 6.07 Å². The van der Waals surface area contributed by atoms with Gasteiger partial charge < -0.3 is 4.57 Å². The summed E-state index contributed by atoms with van der Waals surface area (Å²) in [4.78, 5) is 4.60. The van der Waals surface area contributed by atoms with Gasteiger partial charge in [0.05, 0.1) is 16.5 Å². The average Bonchev–Trinajstić information content (AvgIpc) is 2.77. The molecule has 0 aliphatic rings. The average molecular weight is 308 g/mol. The number of aromatic nitrogens is 2. The van der Waals surface area contributed by atoms with Crippen molar-refractivity contribution in [3.8, 4) is 6.07 Å². The molecule has 1 aromatic heterocycles. The van der Waals surface area contributed by atoms with E-state index in [0.29, 0.717) is 5.56 Å². The number of hydrogen-bond acceptors (Lipinski definition) is 3. The van der Waals surface area contributed by atoms with Gasteiger partial charge in [-0.1, -0.05) is 6.07 Å². The van der Waals surface area contributed by atoms with E-state index in [0.717, 1.165) is 23.4 Å². The number of nitrogens with zero attached hydrogens (tertiary/aromatic N) is 3. The van der Waals surface area contributed by atoms with Crippen molar-refractivity contribution in [3.05, 3.63) is 29.6 Å². The second-order valence-corrected chi connectivity index (χ2v) is 7.59. The maximum Gasteiger partial charge on any atom is 0.127 e. The molecule has 0 fully saturated rings. The number of fused-ring (bicyclic) bond motifs is 1. The predicted octanol–water partition coefficient (Wildman–Crippen LogP) is 4.35. The number of nitriles is 1. The minimum Gasteiger partial charge on any atom is -0.325 e. The molecule has 2 aromatic rings. The molecule has 0 saturated carbocycles. The molecule has 1 unspecified atom stereocenters. The van der Waals surface area contributed by atoms with Crippen LogP contribution in [0.1, 0.15) is 37.5 Å². The van der Waals surface area contributed by atoms with Gasteiger partial charge in [0.25, 0.3) is 0 Å². The predicted molar refractivity (Wildman–Crippen MR) is 86.3 cm³/mol. The van der Waals surface area contributed by atoms with Gasteiger partial charge in [0.1, 0.15) is 17.4 Å². The van der Waals surface area contributed by atoms with Gasteiger partial charge >= 0.3 is 0 Å². The van der Waals surface area contributed by atoms with E-state index in [4.69, 9.17) is 11.6 Å². The second kappa shape index (κ2) is 5.67. The molecule has 0 bridgehead atoms. The van der Waals surface area contributed by atoms with Crippen LogP contribution in [0.3, 0.4) is 0 Å². The van der Waals surface area contributed by atoms with E-state index >= 15 is 0 Å². The molecule has 1 heterocycles. The van der Waals surface area contributed by atoms with Crippen molar-refractivity contribution in [2.24, 2.45) is 0 Å². The first kappa shape index (κ1) is 15.2. The molecule has 3 nitrogen and oxygen atoms in total. The Bertz CT molecular complexity index is 668. The molecule has 1 atom stereocenters. The number of thioether (sulfide) groups is 1. The van der Waals surface area contributed by atoms with Crippen molar-refractivity contribution in [3.63, 3.8) is 0 Å². The minimum atomic E-state index is -0.188. The Hall–Kier alpha value is -1.18. The number of alkyl halides is 1. The van der Waals surface area contributed by atoms with Gasteiger partial charge in [0.15, 0.2) is 0 Å². The highest BCUT2D eigenvalue weighted by atomic mass is 35.5. The van der Waals surface area contributed by atoms with Crippen LogP contribution < -0.4 is 0 Å². The summed E-state index contributed by atoms with van der Waals surface area (Å²) in [7, 11) is 0. The number of rotatable bonds is 4. The fraction of sp³-hybridized carbons (Fsp3) is 0.467. The summed E-state index contributed by atoms with van der Waals surface area (Å²) in [6, 6.07) is 7.89. The molecule has 0 amide bonds. The standard InChI is InChI=1S/C15H18ClN3S/c1-10(16)14-18-13-11(8-17)6-5-7-12(13)19(14)9-15(2,3)20-4/h5-7,10H,9H2,1-4H3. The van der Waals surface area contributed by atoms with Crippen molar-refractivity contribution in [1.29, 1.82) is 5.26 Å². The second-order valence-electron chi connectivity index (χ2n) is 5.42. The van der Waals surface area contributed by atoms with Crippen LogP contribution in [0.5, 0.6) is 0 Å². The zero-order chi connectivity index (χ0) is 14.9.